The van der Waals surface area contributed by atoms with Gasteiger partial charge in [0.2, 0.25) is 0 Å². The van der Waals surface area contributed by atoms with E-state index in [1.54, 1.807) is 12.1 Å². The third-order valence-electron chi connectivity index (χ3n) is 2.74. The minimum Gasteiger partial charge on any atom is -0.343 e. The molecule has 5 nitrogen and oxygen atoms in total. The van der Waals surface area contributed by atoms with Crippen LogP contribution in [0.4, 0.5) is 5.69 Å². The van der Waals surface area contributed by atoms with E-state index in [4.69, 9.17) is 12.2 Å². The minimum atomic E-state index is -0.427. The molecule has 1 aromatic carbocycles. The lowest BCUT2D eigenvalue weighted by Gasteiger charge is -2.08. The molecule has 0 aliphatic heterocycles. The normalized spacial score (nSPS) is 10.7. The summed E-state index contributed by atoms with van der Waals surface area (Å²) in [6.07, 6.45) is 0. The molecular weight excluding hydrogens is 262 g/mol. The number of rotatable bonds is 3. The number of nitrogens with zero attached hydrogens (tertiary/aromatic N) is 2. The second-order valence-electron chi connectivity index (χ2n) is 4.48. The van der Waals surface area contributed by atoms with Gasteiger partial charge in [-0.05, 0) is 24.1 Å². The van der Waals surface area contributed by atoms with Gasteiger partial charge in [-0.15, -0.1) is 0 Å². The third kappa shape index (κ3) is 3.03. The molecule has 0 saturated carbocycles. The molecular formula is C13H13N3O2S. The number of nitrogens with one attached hydrogen (secondary N) is 1. The van der Waals surface area contributed by atoms with Crippen molar-refractivity contribution in [1.29, 1.82) is 0 Å². The van der Waals surface area contributed by atoms with Crippen LogP contribution in [0.25, 0.3) is 11.4 Å². The van der Waals surface area contributed by atoms with E-state index in [1.165, 1.54) is 12.1 Å². The van der Waals surface area contributed by atoms with Gasteiger partial charge in [0.1, 0.15) is 10.5 Å². The van der Waals surface area contributed by atoms with E-state index >= 15 is 0 Å². The molecule has 0 saturated heterocycles. The van der Waals surface area contributed by atoms with Crippen molar-refractivity contribution in [2.75, 3.05) is 0 Å². The van der Waals surface area contributed by atoms with E-state index in [1.807, 2.05) is 6.07 Å². The fourth-order valence-corrected chi connectivity index (χ4v) is 1.88. The summed E-state index contributed by atoms with van der Waals surface area (Å²) < 4.78 is 0.510. The van der Waals surface area contributed by atoms with Gasteiger partial charge in [-0.2, -0.15) is 0 Å². The van der Waals surface area contributed by atoms with Gasteiger partial charge in [0.15, 0.2) is 0 Å². The third-order valence-corrected chi connectivity index (χ3v) is 2.95. The highest BCUT2D eigenvalue weighted by molar-refractivity contribution is 7.71. The summed E-state index contributed by atoms with van der Waals surface area (Å²) in [6, 6.07) is 8.06. The van der Waals surface area contributed by atoms with E-state index in [0.29, 0.717) is 16.4 Å². The van der Waals surface area contributed by atoms with Gasteiger partial charge < -0.3 is 4.98 Å². The molecule has 1 N–H and O–H groups in total. The monoisotopic (exact) mass is 275 g/mol. The van der Waals surface area contributed by atoms with Crippen molar-refractivity contribution in [3.63, 3.8) is 0 Å². The first-order valence-corrected chi connectivity index (χ1v) is 6.24. The SMILES string of the molecule is CC(C)c1cc(=S)nc(-c2ccc([N+](=O)[O-])cc2)[nH]1. The molecule has 0 aliphatic carbocycles. The number of aromatic amines is 1. The maximum atomic E-state index is 10.6. The fourth-order valence-electron chi connectivity index (χ4n) is 1.66. The fraction of sp³-hybridized carbons (Fsp3) is 0.231. The van der Waals surface area contributed by atoms with E-state index < -0.39 is 4.92 Å². The van der Waals surface area contributed by atoms with Gasteiger partial charge >= 0.3 is 0 Å². The molecule has 0 radical (unpaired) electrons. The number of hydrogen-bond donors (Lipinski definition) is 1. The zero-order valence-electron chi connectivity index (χ0n) is 10.6. The van der Waals surface area contributed by atoms with Gasteiger partial charge in [-0.25, -0.2) is 4.98 Å². The summed E-state index contributed by atoms with van der Waals surface area (Å²) >= 11 is 5.13. The van der Waals surface area contributed by atoms with Crippen molar-refractivity contribution >= 4 is 17.9 Å². The molecule has 0 amide bonds. The molecule has 0 unspecified atom stereocenters. The lowest BCUT2D eigenvalue weighted by molar-refractivity contribution is -0.384. The van der Waals surface area contributed by atoms with Gasteiger partial charge in [-0.1, -0.05) is 26.1 Å². The Kier molecular flexibility index (Phi) is 3.71. The van der Waals surface area contributed by atoms with Crippen LogP contribution >= 0.6 is 12.2 Å². The number of aromatic nitrogens is 2. The summed E-state index contributed by atoms with van der Waals surface area (Å²) in [5, 5.41) is 10.6. The second kappa shape index (κ2) is 5.27. The van der Waals surface area contributed by atoms with Crippen molar-refractivity contribution in [3.8, 4) is 11.4 Å². The molecule has 0 bridgehead atoms. The average molecular weight is 275 g/mol. The Bertz CT molecular complexity index is 662. The summed E-state index contributed by atoms with van der Waals surface area (Å²) in [4.78, 5) is 17.6. The van der Waals surface area contributed by atoms with Crippen LogP contribution in [0.5, 0.6) is 0 Å². The van der Waals surface area contributed by atoms with Crippen LogP contribution in [0, 0.1) is 14.8 Å². The Morgan fingerprint density at radius 3 is 2.47 bits per heavy atom. The summed E-state index contributed by atoms with van der Waals surface area (Å²) in [5.74, 6) is 0.938. The number of nitro groups is 1. The van der Waals surface area contributed by atoms with E-state index in [0.717, 1.165) is 11.3 Å². The molecule has 0 aliphatic rings. The highest BCUT2D eigenvalue weighted by Crippen LogP contribution is 2.21. The molecule has 2 aromatic rings. The molecule has 0 atom stereocenters. The van der Waals surface area contributed by atoms with Gasteiger partial charge in [0.05, 0.1) is 4.92 Å². The van der Waals surface area contributed by atoms with Crippen LogP contribution in [0.15, 0.2) is 30.3 Å². The van der Waals surface area contributed by atoms with Crippen molar-refractivity contribution in [2.24, 2.45) is 0 Å². The van der Waals surface area contributed by atoms with Crippen LogP contribution < -0.4 is 0 Å². The molecule has 1 aromatic heterocycles. The van der Waals surface area contributed by atoms with E-state index in [2.05, 4.69) is 23.8 Å². The molecule has 1 heterocycles. The van der Waals surface area contributed by atoms with Crippen LogP contribution in [-0.4, -0.2) is 14.9 Å². The van der Waals surface area contributed by atoms with Crippen molar-refractivity contribution in [2.45, 2.75) is 19.8 Å². The van der Waals surface area contributed by atoms with Gasteiger partial charge in [-0.3, -0.25) is 10.1 Å². The summed E-state index contributed by atoms with van der Waals surface area (Å²) in [6.45, 7) is 4.11. The second-order valence-corrected chi connectivity index (χ2v) is 4.90. The van der Waals surface area contributed by atoms with Crippen molar-refractivity contribution in [3.05, 3.63) is 50.8 Å². The van der Waals surface area contributed by atoms with Gasteiger partial charge in [0, 0.05) is 23.4 Å². The Labute approximate surface area is 115 Å². The van der Waals surface area contributed by atoms with Crippen LogP contribution in [0.3, 0.4) is 0 Å². The maximum Gasteiger partial charge on any atom is 0.269 e. The van der Waals surface area contributed by atoms with Crippen LogP contribution in [0.2, 0.25) is 0 Å². The first-order valence-electron chi connectivity index (χ1n) is 5.83. The maximum absolute atomic E-state index is 10.6. The molecule has 2 rings (SSSR count). The van der Waals surface area contributed by atoms with E-state index in [9.17, 15) is 10.1 Å². The van der Waals surface area contributed by atoms with Crippen LogP contribution in [-0.2, 0) is 0 Å². The average Bonchev–Trinajstić information content (AvgIpc) is 2.38. The Balaban J connectivity index is 2.46. The number of nitro benzene ring substituents is 1. The smallest absolute Gasteiger partial charge is 0.269 e. The van der Waals surface area contributed by atoms with Crippen LogP contribution in [0.1, 0.15) is 25.5 Å². The Hall–Kier alpha value is -2.08. The minimum absolute atomic E-state index is 0.0577. The lowest BCUT2D eigenvalue weighted by atomic mass is 10.1. The summed E-state index contributed by atoms with van der Waals surface area (Å²) in [5.41, 5.74) is 1.83. The summed E-state index contributed by atoms with van der Waals surface area (Å²) in [7, 11) is 0. The Morgan fingerprint density at radius 1 is 1.32 bits per heavy atom. The van der Waals surface area contributed by atoms with Crippen molar-refractivity contribution in [1.82, 2.24) is 9.97 Å². The number of H-pyrrole nitrogens is 1. The lowest BCUT2D eigenvalue weighted by Crippen LogP contribution is -1.98. The zero-order chi connectivity index (χ0) is 14.0. The quantitative estimate of drug-likeness (QED) is 0.525. The van der Waals surface area contributed by atoms with Crippen molar-refractivity contribution < 1.29 is 4.92 Å². The molecule has 19 heavy (non-hydrogen) atoms. The standard InChI is InChI=1S/C13H13N3O2S/c1-8(2)11-7-12(19)15-13(14-11)9-3-5-10(6-4-9)16(17)18/h3-8H,1-2H3,(H,14,15,19). The topological polar surface area (TPSA) is 71.8 Å². The predicted octanol–water partition coefficient (Wildman–Crippen LogP) is 3.84. The first kappa shape index (κ1) is 13.4. The molecule has 0 spiro atoms. The van der Waals surface area contributed by atoms with E-state index in [-0.39, 0.29) is 5.69 Å². The predicted molar refractivity (Wildman–Crippen MR) is 75.6 cm³/mol. The first-order chi connectivity index (χ1) is 8.97. The van der Waals surface area contributed by atoms with Gasteiger partial charge in [0.25, 0.3) is 5.69 Å². The number of benzene rings is 1. The Morgan fingerprint density at radius 2 is 1.95 bits per heavy atom. The number of hydrogen-bond acceptors (Lipinski definition) is 4. The molecule has 0 fully saturated rings. The molecule has 98 valence electrons. The number of non-ortho nitro benzene ring substituents is 1. The largest absolute Gasteiger partial charge is 0.343 e. The zero-order valence-corrected chi connectivity index (χ0v) is 11.4. The highest BCUT2D eigenvalue weighted by Gasteiger charge is 2.08. The molecule has 6 heteroatoms. The highest BCUT2D eigenvalue weighted by atomic mass is 32.1.